The molecule has 1 aliphatic heterocycles. The van der Waals surface area contributed by atoms with Gasteiger partial charge in [-0.05, 0) is 61.4 Å². The molecule has 4 heterocycles. The standard InChI is InChI=1S/C28H27ClFN7O2/c1-3-26(38)37-13-11-20(12-14-37)36(2)25-10-8-22-27(35-25)28(32-17-31-22)34-18-7-9-23(21(29)15-18)39-16-19-5-4-6-24(30)33-19/h3-10,15,17,20H,1,11-14,16H2,2H3,(H,31,32,34). The van der Waals surface area contributed by atoms with Crippen LogP contribution in [0.2, 0.25) is 5.02 Å². The number of hydrogen-bond donors (Lipinski definition) is 1. The highest BCUT2D eigenvalue weighted by Gasteiger charge is 2.25. The molecule has 5 rings (SSSR count). The fraction of sp³-hybridized carbons (Fsp3) is 0.250. The first-order valence-corrected chi connectivity index (χ1v) is 12.9. The third kappa shape index (κ3) is 6.06. The van der Waals surface area contributed by atoms with Crippen molar-refractivity contribution in [1.82, 2.24) is 24.8 Å². The number of carbonyl (C=O) groups excluding carboxylic acids is 1. The third-order valence-corrected chi connectivity index (χ3v) is 6.97. The molecule has 200 valence electrons. The van der Waals surface area contributed by atoms with Crippen LogP contribution in [-0.2, 0) is 11.4 Å². The summed E-state index contributed by atoms with van der Waals surface area (Å²) in [6, 6.07) is 13.9. The van der Waals surface area contributed by atoms with Gasteiger partial charge in [-0.15, -0.1) is 0 Å². The van der Waals surface area contributed by atoms with Crippen LogP contribution in [0.1, 0.15) is 18.5 Å². The number of anilines is 3. The Kier molecular flexibility index (Phi) is 7.83. The van der Waals surface area contributed by atoms with Gasteiger partial charge in [0.2, 0.25) is 11.9 Å². The Bertz CT molecular complexity index is 1510. The second kappa shape index (κ2) is 11.6. The summed E-state index contributed by atoms with van der Waals surface area (Å²) in [5, 5.41) is 3.66. The van der Waals surface area contributed by atoms with E-state index in [4.69, 9.17) is 21.3 Å². The molecule has 3 aromatic heterocycles. The molecule has 39 heavy (non-hydrogen) atoms. The molecule has 1 aromatic carbocycles. The van der Waals surface area contributed by atoms with Crippen LogP contribution in [0.15, 0.2) is 67.5 Å². The molecule has 0 unspecified atom stereocenters. The van der Waals surface area contributed by atoms with E-state index in [1.54, 1.807) is 24.3 Å². The molecule has 0 bridgehead atoms. The molecule has 1 saturated heterocycles. The van der Waals surface area contributed by atoms with Gasteiger partial charge in [0.25, 0.3) is 0 Å². The van der Waals surface area contributed by atoms with E-state index in [1.165, 1.54) is 18.5 Å². The highest BCUT2D eigenvalue weighted by molar-refractivity contribution is 6.32. The smallest absolute Gasteiger partial charge is 0.245 e. The molecule has 1 N–H and O–H groups in total. The Balaban J connectivity index is 1.30. The average Bonchev–Trinajstić information content (AvgIpc) is 2.96. The van der Waals surface area contributed by atoms with E-state index < -0.39 is 5.95 Å². The van der Waals surface area contributed by atoms with Crippen molar-refractivity contribution in [3.8, 4) is 5.75 Å². The molecule has 4 aromatic rings. The predicted octanol–water partition coefficient (Wildman–Crippen LogP) is 5.15. The van der Waals surface area contributed by atoms with E-state index in [0.29, 0.717) is 52.1 Å². The van der Waals surface area contributed by atoms with Gasteiger partial charge in [0.05, 0.1) is 16.2 Å². The molecule has 0 atom stereocenters. The summed E-state index contributed by atoms with van der Waals surface area (Å²) in [5.74, 6) is 1.18. The second-order valence-corrected chi connectivity index (χ2v) is 9.55. The first kappa shape index (κ1) is 26.3. The number of nitrogens with zero attached hydrogens (tertiary/aromatic N) is 6. The van der Waals surface area contributed by atoms with Gasteiger partial charge >= 0.3 is 0 Å². The number of rotatable bonds is 8. The molecule has 1 aliphatic rings. The Hall–Kier alpha value is -4.31. The van der Waals surface area contributed by atoms with Gasteiger partial charge < -0.3 is 19.9 Å². The number of ether oxygens (including phenoxy) is 1. The lowest BCUT2D eigenvalue weighted by atomic mass is 10.0. The number of piperidine rings is 1. The van der Waals surface area contributed by atoms with E-state index in [9.17, 15) is 9.18 Å². The van der Waals surface area contributed by atoms with Gasteiger partial charge in [-0.3, -0.25) is 4.79 Å². The van der Waals surface area contributed by atoms with E-state index in [-0.39, 0.29) is 18.6 Å². The molecule has 0 saturated carbocycles. The van der Waals surface area contributed by atoms with Crippen molar-refractivity contribution in [2.45, 2.75) is 25.5 Å². The number of amides is 1. The topological polar surface area (TPSA) is 96.4 Å². The third-order valence-electron chi connectivity index (χ3n) is 6.67. The van der Waals surface area contributed by atoms with E-state index in [0.717, 1.165) is 18.7 Å². The van der Waals surface area contributed by atoms with Crippen LogP contribution in [0.5, 0.6) is 5.75 Å². The molecule has 11 heteroatoms. The summed E-state index contributed by atoms with van der Waals surface area (Å²) in [6.45, 7) is 5.03. The maximum Gasteiger partial charge on any atom is 0.245 e. The average molecular weight is 548 g/mol. The highest BCUT2D eigenvalue weighted by atomic mass is 35.5. The number of benzene rings is 1. The first-order chi connectivity index (χ1) is 18.9. The summed E-state index contributed by atoms with van der Waals surface area (Å²) in [6.07, 6.45) is 4.53. The van der Waals surface area contributed by atoms with E-state index in [2.05, 4.69) is 31.7 Å². The normalized spacial score (nSPS) is 13.8. The number of likely N-dealkylation sites (tertiary alicyclic amines) is 1. The lowest BCUT2D eigenvalue weighted by Crippen LogP contribution is -2.45. The maximum absolute atomic E-state index is 13.3. The Morgan fingerprint density at radius 1 is 1.21 bits per heavy atom. The van der Waals surface area contributed by atoms with Crippen LogP contribution >= 0.6 is 11.6 Å². The first-order valence-electron chi connectivity index (χ1n) is 12.5. The van der Waals surface area contributed by atoms with Crippen LogP contribution < -0.4 is 15.0 Å². The molecule has 1 fully saturated rings. The fourth-order valence-electron chi connectivity index (χ4n) is 4.52. The molecule has 1 amide bonds. The maximum atomic E-state index is 13.3. The van der Waals surface area contributed by atoms with Crippen molar-refractivity contribution < 1.29 is 13.9 Å². The zero-order valence-electron chi connectivity index (χ0n) is 21.3. The molecule has 9 nitrogen and oxygen atoms in total. The van der Waals surface area contributed by atoms with Gasteiger partial charge in [0.15, 0.2) is 5.82 Å². The quantitative estimate of drug-likeness (QED) is 0.239. The van der Waals surface area contributed by atoms with Crippen molar-refractivity contribution >= 4 is 45.9 Å². The lowest BCUT2D eigenvalue weighted by Gasteiger charge is -2.37. The van der Waals surface area contributed by atoms with Gasteiger partial charge in [-0.1, -0.05) is 24.2 Å². The van der Waals surface area contributed by atoms with Crippen LogP contribution in [0.4, 0.5) is 21.7 Å². The van der Waals surface area contributed by atoms with Crippen LogP contribution in [-0.4, -0.2) is 56.9 Å². The highest BCUT2D eigenvalue weighted by Crippen LogP contribution is 2.31. The molecule has 0 spiro atoms. The number of pyridine rings is 2. The van der Waals surface area contributed by atoms with Crippen molar-refractivity contribution in [2.75, 3.05) is 30.4 Å². The summed E-state index contributed by atoms with van der Waals surface area (Å²) in [5.41, 5.74) is 2.47. The molecule has 0 aliphatic carbocycles. The molecular weight excluding hydrogens is 521 g/mol. The minimum atomic E-state index is -0.563. The summed E-state index contributed by atoms with van der Waals surface area (Å²) in [4.78, 5) is 33.3. The summed E-state index contributed by atoms with van der Waals surface area (Å²) >= 11 is 6.46. The van der Waals surface area contributed by atoms with E-state index >= 15 is 0 Å². The van der Waals surface area contributed by atoms with Gasteiger partial charge in [-0.25, -0.2) is 19.9 Å². The zero-order valence-corrected chi connectivity index (χ0v) is 22.1. The second-order valence-electron chi connectivity index (χ2n) is 9.14. The van der Waals surface area contributed by atoms with Crippen LogP contribution in [0, 0.1) is 5.95 Å². The van der Waals surface area contributed by atoms with Gasteiger partial charge in [-0.2, -0.15) is 4.39 Å². The minimum Gasteiger partial charge on any atom is -0.486 e. The van der Waals surface area contributed by atoms with Gasteiger partial charge in [0, 0.05) is 31.9 Å². The van der Waals surface area contributed by atoms with Crippen LogP contribution in [0.3, 0.4) is 0 Å². The van der Waals surface area contributed by atoms with Crippen LogP contribution in [0.25, 0.3) is 11.0 Å². The van der Waals surface area contributed by atoms with Crippen molar-refractivity contribution in [2.24, 2.45) is 0 Å². The minimum absolute atomic E-state index is 0.0314. The fourth-order valence-corrected chi connectivity index (χ4v) is 4.76. The Labute approximate surface area is 230 Å². The van der Waals surface area contributed by atoms with Gasteiger partial charge in [0.1, 0.15) is 30.0 Å². The number of fused-ring (bicyclic) bond motifs is 1. The largest absolute Gasteiger partial charge is 0.486 e. The number of halogens is 2. The summed E-state index contributed by atoms with van der Waals surface area (Å²) in [7, 11) is 2.01. The monoisotopic (exact) mass is 547 g/mol. The summed E-state index contributed by atoms with van der Waals surface area (Å²) < 4.78 is 19.0. The Morgan fingerprint density at radius 3 is 2.77 bits per heavy atom. The number of carbonyl (C=O) groups is 1. The van der Waals surface area contributed by atoms with E-state index in [1.807, 2.05) is 30.1 Å². The number of nitrogens with one attached hydrogen (secondary N) is 1. The molecular formula is C28H27ClFN7O2. The Morgan fingerprint density at radius 2 is 2.03 bits per heavy atom. The van der Waals surface area contributed by atoms with Crippen molar-refractivity contribution in [3.05, 3.63) is 84.2 Å². The SMILES string of the molecule is C=CC(=O)N1CCC(N(C)c2ccc3ncnc(Nc4ccc(OCc5cccc(F)n5)c(Cl)c4)c3n2)CC1. The number of aromatic nitrogens is 4. The predicted molar refractivity (Wildman–Crippen MR) is 149 cm³/mol. The lowest BCUT2D eigenvalue weighted by molar-refractivity contribution is -0.126. The van der Waals surface area contributed by atoms with Crippen molar-refractivity contribution in [3.63, 3.8) is 0 Å². The molecule has 0 radical (unpaired) electrons. The van der Waals surface area contributed by atoms with Crippen molar-refractivity contribution in [1.29, 1.82) is 0 Å². The number of hydrogen-bond acceptors (Lipinski definition) is 8. The zero-order chi connectivity index (χ0) is 27.4.